The molecule has 4 heterocycles. The van der Waals surface area contributed by atoms with Crippen LogP contribution in [0.3, 0.4) is 0 Å². The number of fused-ring (bicyclic) bond motifs is 1. The Labute approximate surface area is 147 Å². The predicted octanol–water partition coefficient (Wildman–Crippen LogP) is 1.19. The van der Waals surface area contributed by atoms with Crippen molar-refractivity contribution in [1.29, 1.82) is 0 Å². The molecule has 0 amide bonds. The van der Waals surface area contributed by atoms with Crippen LogP contribution >= 0.6 is 0 Å². The number of hydrogen-bond donors (Lipinski definition) is 0. The quantitative estimate of drug-likeness (QED) is 0.834. The monoisotopic (exact) mass is 343 g/mol. The van der Waals surface area contributed by atoms with Gasteiger partial charge in [-0.1, -0.05) is 0 Å². The van der Waals surface area contributed by atoms with Crippen molar-refractivity contribution in [3.05, 3.63) is 45.9 Å². The van der Waals surface area contributed by atoms with Gasteiger partial charge in [0.1, 0.15) is 12.4 Å². The van der Waals surface area contributed by atoms with Crippen molar-refractivity contribution in [1.82, 2.24) is 24.2 Å². The second kappa shape index (κ2) is 7.09. The Morgan fingerprint density at radius 3 is 2.88 bits per heavy atom. The first-order valence-corrected chi connectivity index (χ1v) is 9.07. The van der Waals surface area contributed by atoms with Gasteiger partial charge in [-0.2, -0.15) is 5.10 Å². The molecule has 1 fully saturated rings. The normalized spacial score (nSPS) is 19.1. The Kier molecular flexibility index (Phi) is 4.67. The average Bonchev–Trinajstić information content (AvgIpc) is 3.02. The molecule has 0 unspecified atom stereocenters. The van der Waals surface area contributed by atoms with Crippen molar-refractivity contribution >= 4 is 0 Å². The van der Waals surface area contributed by atoms with Crippen molar-refractivity contribution < 1.29 is 4.74 Å². The van der Waals surface area contributed by atoms with Gasteiger partial charge in [-0.05, 0) is 44.8 Å². The van der Waals surface area contributed by atoms with Crippen LogP contribution < -0.4 is 5.56 Å². The maximum Gasteiger partial charge on any atom is 0.266 e. The van der Waals surface area contributed by atoms with Gasteiger partial charge in [0.25, 0.3) is 5.56 Å². The van der Waals surface area contributed by atoms with Gasteiger partial charge in [-0.25, -0.2) is 9.67 Å². The Hall–Kier alpha value is -1.99. The zero-order valence-electron chi connectivity index (χ0n) is 14.7. The second-order valence-corrected chi connectivity index (χ2v) is 7.11. The van der Waals surface area contributed by atoms with Crippen LogP contribution in [0.4, 0.5) is 0 Å². The topological polar surface area (TPSA) is 65.2 Å². The van der Waals surface area contributed by atoms with Gasteiger partial charge in [0.15, 0.2) is 0 Å². The molecule has 2 aliphatic heterocycles. The van der Waals surface area contributed by atoms with Crippen molar-refractivity contribution in [3.8, 4) is 0 Å². The fourth-order valence-electron chi connectivity index (χ4n) is 3.71. The molecule has 0 radical (unpaired) electrons. The van der Waals surface area contributed by atoms with Crippen LogP contribution in [0.1, 0.15) is 30.1 Å². The van der Waals surface area contributed by atoms with E-state index >= 15 is 0 Å². The standard InChI is InChI=1S/C18H25N5O2/c1-14-2-3-18(24)23(20-14)10-15-4-6-21(7-5-15)11-16-12-22-8-9-25-13-17(22)19-16/h2-3,12,15H,4-11,13H2,1H3. The fraction of sp³-hybridized carbons (Fsp3) is 0.611. The molecule has 2 aromatic heterocycles. The first kappa shape index (κ1) is 16.5. The minimum absolute atomic E-state index is 0.00107. The van der Waals surface area contributed by atoms with Crippen molar-refractivity contribution in [3.63, 3.8) is 0 Å². The molecule has 0 atom stereocenters. The molecule has 1 saturated heterocycles. The van der Waals surface area contributed by atoms with E-state index < -0.39 is 0 Å². The van der Waals surface area contributed by atoms with Gasteiger partial charge in [0.2, 0.25) is 0 Å². The fourth-order valence-corrected chi connectivity index (χ4v) is 3.71. The van der Waals surface area contributed by atoms with Crippen molar-refractivity contribution in [2.45, 2.75) is 46.0 Å². The summed E-state index contributed by atoms with van der Waals surface area (Å²) in [5.74, 6) is 1.56. The second-order valence-electron chi connectivity index (χ2n) is 7.11. The summed E-state index contributed by atoms with van der Waals surface area (Å²) in [7, 11) is 0. The SMILES string of the molecule is Cc1ccc(=O)n(CC2CCN(Cc3cn4c(n3)COCC4)CC2)n1. The molecule has 4 rings (SSSR count). The van der Waals surface area contributed by atoms with E-state index in [1.807, 2.05) is 6.92 Å². The summed E-state index contributed by atoms with van der Waals surface area (Å²) < 4.78 is 9.29. The first-order chi connectivity index (χ1) is 12.2. The van der Waals surface area contributed by atoms with Gasteiger partial charge >= 0.3 is 0 Å². The van der Waals surface area contributed by atoms with Gasteiger partial charge in [-0.3, -0.25) is 9.69 Å². The number of piperidine rings is 1. The summed E-state index contributed by atoms with van der Waals surface area (Å²) >= 11 is 0. The number of rotatable bonds is 4. The van der Waals surface area contributed by atoms with Crippen LogP contribution in [-0.4, -0.2) is 43.9 Å². The minimum Gasteiger partial charge on any atom is -0.372 e. The number of aryl methyl sites for hydroxylation is 1. The van der Waals surface area contributed by atoms with Crippen LogP contribution in [-0.2, 0) is 31.0 Å². The number of likely N-dealkylation sites (tertiary alicyclic amines) is 1. The molecule has 0 spiro atoms. The average molecular weight is 343 g/mol. The van der Waals surface area contributed by atoms with Gasteiger partial charge in [-0.15, -0.1) is 0 Å². The summed E-state index contributed by atoms with van der Waals surface area (Å²) in [5.41, 5.74) is 2.03. The van der Waals surface area contributed by atoms with Gasteiger partial charge in [0, 0.05) is 31.9 Å². The number of ether oxygens (including phenoxy) is 1. The lowest BCUT2D eigenvalue weighted by Crippen LogP contribution is -2.36. The third-order valence-electron chi connectivity index (χ3n) is 5.14. The van der Waals surface area contributed by atoms with Crippen LogP contribution in [0, 0.1) is 12.8 Å². The highest BCUT2D eigenvalue weighted by molar-refractivity contribution is 5.05. The minimum atomic E-state index is -0.00107. The highest BCUT2D eigenvalue weighted by atomic mass is 16.5. The van der Waals surface area contributed by atoms with E-state index in [9.17, 15) is 4.79 Å². The van der Waals surface area contributed by atoms with Crippen LogP contribution in [0.25, 0.3) is 0 Å². The lowest BCUT2D eigenvalue weighted by atomic mass is 9.97. The Bertz CT molecular complexity index is 766. The Morgan fingerprint density at radius 2 is 2.08 bits per heavy atom. The molecule has 0 aromatic carbocycles. The van der Waals surface area contributed by atoms with E-state index in [2.05, 4.69) is 20.8 Å². The predicted molar refractivity (Wildman–Crippen MR) is 93.1 cm³/mol. The number of hydrogen-bond acceptors (Lipinski definition) is 5. The molecule has 0 saturated carbocycles. The third kappa shape index (κ3) is 3.82. The zero-order chi connectivity index (χ0) is 17.2. The molecule has 7 heteroatoms. The summed E-state index contributed by atoms with van der Waals surface area (Å²) in [6, 6.07) is 3.39. The Morgan fingerprint density at radius 1 is 1.24 bits per heavy atom. The number of aromatic nitrogens is 4. The van der Waals surface area contributed by atoms with Crippen LogP contribution in [0.15, 0.2) is 23.1 Å². The highest BCUT2D eigenvalue weighted by Gasteiger charge is 2.22. The van der Waals surface area contributed by atoms with Gasteiger partial charge < -0.3 is 9.30 Å². The molecule has 2 aromatic rings. The molecule has 2 aliphatic rings. The third-order valence-corrected chi connectivity index (χ3v) is 5.14. The molecular weight excluding hydrogens is 318 g/mol. The molecule has 0 N–H and O–H groups in total. The molecular formula is C18H25N5O2. The smallest absolute Gasteiger partial charge is 0.266 e. The maximum absolute atomic E-state index is 11.9. The highest BCUT2D eigenvalue weighted by Crippen LogP contribution is 2.20. The van der Waals surface area contributed by atoms with E-state index in [4.69, 9.17) is 9.72 Å². The zero-order valence-corrected chi connectivity index (χ0v) is 14.7. The molecule has 0 bridgehead atoms. The van der Waals surface area contributed by atoms with E-state index in [0.717, 1.165) is 69.4 Å². The number of nitrogens with zero attached hydrogens (tertiary/aromatic N) is 5. The Balaban J connectivity index is 1.31. The molecule has 25 heavy (non-hydrogen) atoms. The van der Waals surface area contributed by atoms with Crippen LogP contribution in [0.2, 0.25) is 0 Å². The first-order valence-electron chi connectivity index (χ1n) is 9.07. The van der Waals surface area contributed by atoms with E-state index in [1.165, 1.54) is 0 Å². The molecule has 134 valence electrons. The van der Waals surface area contributed by atoms with Crippen LogP contribution in [0.5, 0.6) is 0 Å². The summed E-state index contributed by atoms with van der Waals surface area (Å²) in [6.45, 7) is 7.95. The van der Waals surface area contributed by atoms with E-state index in [1.54, 1.807) is 16.8 Å². The maximum atomic E-state index is 11.9. The van der Waals surface area contributed by atoms with Crippen molar-refractivity contribution in [2.75, 3.05) is 19.7 Å². The molecule has 7 nitrogen and oxygen atoms in total. The summed E-state index contributed by atoms with van der Waals surface area (Å²) in [5, 5.41) is 4.36. The lowest BCUT2D eigenvalue weighted by Gasteiger charge is -2.31. The molecule has 0 aliphatic carbocycles. The van der Waals surface area contributed by atoms with E-state index in [0.29, 0.717) is 12.5 Å². The van der Waals surface area contributed by atoms with E-state index in [-0.39, 0.29) is 5.56 Å². The summed E-state index contributed by atoms with van der Waals surface area (Å²) in [4.78, 5) is 19.1. The summed E-state index contributed by atoms with van der Waals surface area (Å²) in [6.07, 6.45) is 4.36. The van der Waals surface area contributed by atoms with Gasteiger partial charge in [0.05, 0.1) is 18.0 Å². The largest absolute Gasteiger partial charge is 0.372 e. The number of imidazole rings is 1. The lowest BCUT2D eigenvalue weighted by molar-refractivity contribution is 0.0816. The van der Waals surface area contributed by atoms with Crippen molar-refractivity contribution in [2.24, 2.45) is 5.92 Å².